The Balaban J connectivity index is 1.08. The van der Waals surface area contributed by atoms with Crippen LogP contribution in [0, 0.1) is 5.92 Å². The molecule has 5 heterocycles. The van der Waals surface area contributed by atoms with Crippen LogP contribution in [0.25, 0.3) is 11.3 Å². The van der Waals surface area contributed by atoms with E-state index in [9.17, 15) is 0 Å². The maximum absolute atomic E-state index is 5.69. The summed E-state index contributed by atoms with van der Waals surface area (Å²) >= 11 is 0. The van der Waals surface area contributed by atoms with Crippen LogP contribution in [0.5, 0.6) is 0 Å². The SMILES string of the molecule is c1ncc(C2CCC2)cc1-c1cn(C2(c3ccc(N4CCC[C@@H](NCC5CC5)C4)cn3)COC2)nn1. The van der Waals surface area contributed by atoms with Gasteiger partial charge in [-0.05, 0) is 80.7 Å². The summed E-state index contributed by atoms with van der Waals surface area (Å²) in [5.74, 6) is 1.56. The zero-order valence-electron chi connectivity index (χ0n) is 20.9. The largest absolute Gasteiger partial charge is 0.375 e. The van der Waals surface area contributed by atoms with Crippen molar-refractivity contribution in [3.05, 3.63) is 54.2 Å². The van der Waals surface area contributed by atoms with Crippen molar-refractivity contribution in [2.45, 2.75) is 62.4 Å². The fourth-order valence-corrected chi connectivity index (χ4v) is 5.74. The lowest BCUT2D eigenvalue weighted by atomic mass is 9.80. The molecule has 0 unspecified atom stereocenters. The number of hydrogen-bond acceptors (Lipinski definition) is 7. The molecular weight excluding hydrogens is 450 g/mol. The number of hydrogen-bond donors (Lipinski definition) is 1. The predicted octanol–water partition coefficient (Wildman–Crippen LogP) is 3.74. The van der Waals surface area contributed by atoms with Crippen molar-refractivity contribution in [3.63, 3.8) is 0 Å². The first-order valence-electron chi connectivity index (χ1n) is 13.7. The number of rotatable bonds is 8. The van der Waals surface area contributed by atoms with E-state index in [1.54, 1.807) is 0 Å². The Hall–Kier alpha value is -2.84. The highest BCUT2D eigenvalue weighted by molar-refractivity contribution is 5.58. The van der Waals surface area contributed by atoms with Crippen LogP contribution in [0.3, 0.4) is 0 Å². The second-order valence-corrected chi connectivity index (χ2v) is 11.2. The van der Waals surface area contributed by atoms with E-state index in [0.29, 0.717) is 25.2 Å². The molecule has 2 aliphatic heterocycles. The molecular formula is C28H35N7O. The highest BCUT2D eigenvalue weighted by Gasteiger charge is 2.45. The van der Waals surface area contributed by atoms with Crippen molar-refractivity contribution in [2.75, 3.05) is 37.7 Å². The van der Waals surface area contributed by atoms with Gasteiger partial charge >= 0.3 is 0 Å². The van der Waals surface area contributed by atoms with E-state index < -0.39 is 5.54 Å². The Morgan fingerprint density at radius 1 is 1.03 bits per heavy atom. The van der Waals surface area contributed by atoms with Gasteiger partial charge in [-0.3, -0.25) is 9.97 Å². The first-order chi connectivity index (χ1) is 17.8. The summed E-state index contributed by atoms with van der Waals surface area (Å²) in [6, 6.07) is 7.18. The van der Waals surface area contributed by atoms with Crippen molar-refractivity contribution in [1.29, 1.82) is 0 Å². The normalized spacial score (nSPS) is 23.8. The van der Waals surface area contributed by atoms with Crippen LogP contribution in [0.4, 0.5) is 5.69 Å². The standard InChI is InChI=1S/C28H35N7O/c1-3-21(4-1)22-11-23(14-29-13-22)26-17-35(33-32-26)28(18-36-19-28)27-9-8-25(15-31-27)34-10-2-5-24(16-34)30-12-20-6-7-20/h8-9,11,13-15,17,20-21,24,30H,1-7,10,12,16,18-19H2/t24-/m1/s1. The molecule has 1 N–H and O–H groups in total. The minimum atomic E-state index is -0.404. The van der Waals surface area contributed by atoms with Gasteiger partial charge in [0, 0.05) is 37.1 Å². The number of aromatic nitrogens is 5. The third-order valence-electron chi connectivity index (χ3n) is 8.65. The van der Waals surface area contributed by atoms with Crippen molar-refractivity contribution in [3.8, 4) is 11.3 Å². The number of ether oxygens (including phenoxy) is 1. The Morgan fingerprint density at radius 2 is 1.94 bits per heavy atom. The van der Waals surface area contributed by atoms with E-state index in [1.807, 2.05) is 29.5 Å². The van der Waals surface area contributed by atoms with Gasteiger partial charge in [0.25, 0.3) is 0 Å². The summed E-state index contributed by atoms with van der Waals surface area (Å²) in [6.45, 7) is 4.44. The molecule has 36 heavy (non-hydrogen) atoms. The second kappa shape index (κ2) is 9.23. The topological polar surface area (TPSA) is 81.0 Å². The van der Waals surface area contributed by atoms with Crippen LogP contribution < -0.4 is 10.2 Å². The Kier molecular flexibility index (Phi) is 5.73. The third kappa shape index (κ3) is 4.20. The summed E-state index contributed by atoms with van der Waals surface area (Å²) in [6.07, 6.45) is 17.1. The predicted molar refractivity (Wildman–Crippen MR) is 138 cm³/mol. The molecule has 188 valence electrons. The maximum atomic E-state index is 5.69. The highest BCUT2D eigenvalue weighted by Crippen LogP contribution is 2.38. The Morgan fingerprint density at radius 3 is 2.67 bits per heavy atom. The first-order valence-corrected chi connectivity index (χ1v) is 13.7. The van der Waals surface area contributed by atoms with Crippen molar-refractivity contribution >= 4 is 5.69 Å². The van der Waals surface area contributed by atoms with Crippen LogP contribution in [0.2, 0.25) is 0 Å². The number of nitrogens with zero attached hydrogens (tertiary/aromatic N) is 6. The molecule has 4 aliphatic rings. The van der Waals surface area contributed by atoms with Crippen molar-refractivity contribution in [1.82, 2.24) is 30.3 Å². The van der Waals surface area contributed by atoms with E-state index >= 15 is 0 Å². The van der Waals surface area contributed by atoms with E-state index in [2.05, 4.69) is 43.7 Å². The van der Waals surface area contributed by atoms with Gasteiger partial charge in [0.05, 0.1) is 37.0 Å². The van der Waals surface area contributed by atoms with Gasteiger partial charge in [-0.25, -0.2) is 4.68 Å². The molecule has 0 radical (unpaired) electrons. The van der Waals surface area contributed by atoms with Crippen LogP contribution in [-0.2, 0) is 10.3 Å². The summed E-state index contributed by atoms with van der Waals surface area (Å²) in [5, 5.41) is 12.8. The molecule has 0 spiro atoms. The van der Waals surface area contributed by atoms with Gasteiger partial charge in [-0.1, -0.05) is 11.6 Å². The van der Waals surface area contributed by atoms with Gasteiger partial charge in [-0.15, -0.1) is 5.10 Å². The van der Waals surface area contributed by atoms with E-state index in [1.165, 1.54) is 62.7 Å². The Labute approximate surface area is 212 Å². The molecule has 1 atom stereocenters. The molecule has 0 aromatic carbocycles. The van der Waals surface area contributed by atoms with Crippen LogP contribution in [-0.4, -0.2) is 63.9 Å². The zero-order chi connectivity index (χ0) is 24.0. The quantitative estimate of drug-likeness (QED) is 0.520. The number of anilines is 1. The molecule has 0 amide bonds. The van der Waals surface area contributed by atoms with Gasteiger partial charge in [-0.2, -0.15) is 0 Å². The molecule has 4 fully saturated rings. The minimum Gasteiger partial charge on any atom is -0.375 e. The summed E-state index contributed by atoms with van der Waals surface area (Å²) in [4.78, 5) is 11.9. The van der Waals surface area contributed by atoms with Gasteiger partial charge in [0.15, 0.2) is 5.54 Å². The molecule has 3 aromatic heterocycles. The van der Waals surface area contributed by atoms with Gasteiger partial charge < -0.3 is 15.0 Å². The third-order valence-corrected chi connectivity index (χ3v) is 8.65. The lowest BCUT2D eigenvalue weighted by molar-refractivity contribution is -0.0851. The molecule has 7 rings (SSSR count). The van der Waals surface area contributed by atoms with Crippen molar-refractivity contribution < 1.29 is 4.74 Å². The molecule has 8 nitrogen and oxygen atoms in total. The van der Waals surface area contributed by atoms with E-state index in [0.717, 1.165) is 36.0 Å². The second-order valence-electron chi connectivity index (χ2n) is 11.2. The summed E-state index contributed by atoms with van der Waals surface area (Å²) in [7, 11) is 0. The Bertz CT molecular complexity index is 1200. The molecule has 2 aliphatic carbocycles. The minimum absolute atomic E-state index is 0.404. The number of pyridine rings is 2. The summed E-state index contributed by atoms with van der Waals surface area (Å²) < 4.78 is 7.63. The lowest BCUT2D eigenvalue weighted by Crippen LogP contribution is -2.53. The highest BCUT2D eigenvalue weighted by atomic mass is 16.5. The monoisotopic (exact) mass is 485 g/mol. The van der Waals surface area contributed by atoms with Gasteiger partial charge in [0.1, 0.15) is 5.69 Å². The maximum Gasteiger partial charge on any atom is 0.152 e. The molecule has 2 saturated carbocycles. The van der Waals surface area contributed by atoms with Gasteiger partial charge in [0.2, 0.25) is 0 Å². The van der Waals surface area contributed by atoms with E-state index in [-0.39, 0.29) is 0 Å². The average Bonchev–Trinajstić information content (AvgIpc) is 3.56. The fraction of sp³-hybridized carbons (Fsp3) is 0.571. The lowest BCUT2D eigenvalue weighted by Gasteiger charge is -2.40. The van der Waals surface area contributed by atoms with Crippen LogP contribution in [0.15, 0.2) is 43.0 Å². The molecule has 0 bridgehead atoms. The van der Waals surface area contributed by atoms with Crippen LogP contribution in [0.1, 0.15) is 62.1 Å². The van der Waals surface area contributed by atoms with Crippen LogP contribution >= 0.6 is 0 Å². The smallest absolute Gasteiger partial charge is 0.152 e. The molecule has 2 saturated heterocycles. The zero-order valence-corrected chi connectivity index (χ0v) is 20.9. The molecule has 8 heteroatoms. The number of nitrogens with one attached hydrogen (secondary N) is 1. The fourth-order valence-electron chi connectivity index (χ4n) is 5.74. The summed E-state index contributed by atoms with van der Waals surface area (Å²) in [5.41, 5.74) is 4.97. The van der Waals surface area contributed by atoms with Crippen molar-refractivity contribution in [2.24, 2.45) is 5.92 Å². The first kappa shape index (κ1) is 22.4. The number of piperidine rings is 1. The molecule has 3 aromatic rings. The average molecular weight is 486 g/mol. The van der Waals surface area contributed by atoms with E-state index in [4.69, 9.17) is 9.72 Å².